The number of anilines is 1. The number of halogens is 2. The highest BCUT2D eigenvalue weighted by Gasteiger charge is 2.25. The van der Waals surface area contributed by atoms with E-state index in [4.69, 9.17) is 16.6 Å². The first-order chi connectivity index (χ1) is 12.6. The third-order valence-electron chi connectivity index (χ3n) is 4.98. The number of hydrogen-bond donors (Lipinski definition) is 0. The summed E-state index contributed by atoms with van der Waals surface area (Å²) >= 11 is 5.65. The molecule has 0 saturated carbocycles. The van der Waals surface area contributed by atoms with Gasteiger partial charge >= 0.3 is 0 Å². The average molecular weight is 369 g/mol. The van der Waals surface area contributed by atoms with Crippen LogP contribution in [0.25, 0.3) is 22.2 Å². The number of pyridine rings is 1. The number of rotatable bonds is 3. The molecule has 2 heterocycles. The Balaban J connectivity index is 1.79. The summed E-state index contributed by atoms with van der Waals surface area (Å²) in [5, 5.41) is 0.528. The van der Waals surface area contributed by atoms with E-state index in [1.54, 1.807) is 6.07 Å². The SMILES string of the molecule is O=C(Cl)C1CCN(c2cc(-c3ccccc3)nc3ccc(F)cc23)CC1. The zero-order valence-electron chi connectivity index (χ0n) is 14.2. The van der Waals surface area contributed by atoms with Gasteiger partial charge in [-0.05, 0) is 48.7 Å². The van der Waals surface area contributed by atoms with Crippen LogP contribution in [0.2, 0.25) is 0 Å². The van der Waals surface area contributed by atoms with Crippen LogP contribution < -0.4 is 4.90 Å². The molecular weight excluding hydrogens is 351 g/mol. The molecule has 1 fully saturated rings. The Morgan fingerprint density at radius 3 is 2.50 bits per heavy atom. The first-order valence-corrected chi connectivity index (χ1v) is 9.09. The molecular formula is C21H18ClFN2O. The van der Waals surface area contributed by atoms with Gasteiger partial charge in [-0.25, -0.2) is 9.37 Å². The zero-order valence-corrected chi connectivity index (χ0v) is 14.9. The van der Waals surface area contributed by atoms with E-state index >= 15 is 0 Å². The first-order valence-electron chi connectivity index (χ1n) is 8.72. The fourth-order valence-corrected chi connectivity index (χ4v) is 3.76. The molecule has 0 unspecified atom stereocenters. The lowest BCUT2D eigenvalue weighted by molar-refractivity contribution is -0.115. The van der Waals surface area contributed by atoms with E-state index in [1.807, 2.05) is 36.4 Å². The molecule has 0 N–H and O–H groups in total. The standard InChI is InChI=1S/C21H18ClFN2O/c22-21(26)15-8-10-25(11-9-15)20-13-19(14-4-2-1-3-5-14)24-18-7-6-16(23)12-17(18)20/h1-7,12-13,15H,8-11H2. The minimum atomic E-state index is -0.279. The second-order valence-electron chi connectivity index (χ2n) is 6.62. The summed E-state index contributed by atoms with van der Waals surface area (Å²) in [4.78, 5) is 18.3. The van der Waals surface area contributed by atoms with Crippen molar-refractivity contribution in [2.75, 3.05) is 18.0 Å². The maximum Gasteiger partial charge on any atom is 0.224 e. The summed E-state index contributed by atoms with van der Waals surface area (Å²) in [6, 6.07) is 16.6. The van der Waals surface area contributed by atoms with Gasteiger partial charge in [0.2, 0.25) is 5.24 Å². The van der Waals surface area contributed by atoms with Crippen molar-refractivity contribution in [2.24, 2.45) is 5.92 Å². The van der Waals surface area contributed by atoms with Gasteiger partial charge in [-0.2, -0.15) is 0 Å². The van der Waals surface area contributed by atoms with Crippen molar-refractivity contribution >= 4 is 33.4 Å². The van der Waals surface area contributed by atoms with Crippen molar-refractivity contribution < 1.29 is 9.18 Å². The average Bonchev–Trinajstić information content (AvgIpc) is 2.68. The third-order valence-corrected chi connectivity index (χ3v) is 5.28. The largest absolute Gasteiger partial charge is 0.371 e. The maximum absolute atomic E-state index is 13.9. The number of carbonyl (C=O) groups excluding carboxylic acids is 1. The molecule has 1 aromatic heterocycles. The van der Waals surface area contributed by atoms with Crippen LogP contribution >= 0.6 is 11.6 Å². The minimum Gasteiger partial charge on any atom is -0.371 e. The molecule has 2 aromatic carbocycles. The smallest absolute Gasteiger partial charge is 0.224 e. The molecule has 3 nitrogen and oxygen atoms in total. The topological polar surface area (TPSA) is 33.2 Å². The molecule has 1 aliphatic rings. The maximum atomic E-state index is 13.9. The van der Waals surface area contributed by atoms with Gasteiger partial charge in [0.15, 0.2) is 0 Å². The summed E-state index contributed by atoms with van der Waals surface area (Å²) in [6.45, 7) is 1.43. The number of benzene rings is 2. The molecule has 0 bridgehead atoms. The van der Waals surface area contributed by atoms with Crippen LogP contribution in [-0.4, -0.2) is 23.3 Å². The Bertz CT molecular complexity index is 953. The van der Waals surface area contributed by atoms with Crippen LogP contribution in [0, 0.1) is 11.7 Å². The van der Waals surface area contributed by atoms with Gasteiger partial charge in [-0.15, -0.1) is 0 Å². The van der Waals surface area contributed by atoms with Crippen LogP contribution in [0.3, 0.4) is 0 Å². The molecule has 1 saturated heterocycles. The molecule has 0 aliphatic carbocycles. The van der Waals surface area contributed by atoms with Crippen molar-refractivity contribution in [3.8, 4) is 11.3 Å². The molecule has 0 amide bonds. The number of nitrogens with zero attached hydrogens (tertiary/aromatic N) is 2. The molecule has 1 aliphatic heterocycles. The van der Waals surface area contributed by atoms with Gasteiger partial charge in [-0.3, -0.25) is 4.79 Å². The summed E-state index contributed by atoms with van der Waals surface area (Å²) in [6.07, 6.45) is 1.42. The molecule has 5 heteroatoms. The van der Waals surface area contributed by atoms with E-state index in [-0.39, 0.29) is 17.0 Å². The highest BCUT2D eigenvalue weighted by Crippen LogP contribution is 2.34. The summed E-state index contributed by atoms with van der Waals surface area (Å²) in [7, 11) is 0. The van der Waals surface area contributed by atoms with E-state index in [1.165, 1.54) is 12.1 Å². The lowest BCUT2D eigenvalue weighted by atomic mass is 9.97. The van der Waals surface area contributed by atoms with Crippen LogP contribution in [0.5, 0.6) is 0 Å². The Morgan fingerprint density at radius 2 is 1.81 bits per heavy atom. The molecule has 0 radical (unpaired) electrons. The van der Waals surface area contributed by atoms with E-state index in [0.717, 1.165) is 27.8 Å². The van der Waals surface area contributed by atoms with E-state index in [9.17, 15) is 9.18 Å². The van der Waals surface area contributed by atoms with Gasteiger partial charge in [0, 0.05) is 35.6 Å². The fraction of sp³-hybridized carbons (Fsp3) is 0.238. The monoisotopic (exact) mass is 368 g/mol. The minimum absolute atomic E-state index is 0.0913. The summed E-state index contributed by atoms with van der Waals surface area (Å²) < 4.78 is 13.9. The Kier molecular flexibility index (Phi) is 4.60. The lowest BCUT2D eigenvalue weighted by Gasteiger charge is -2.33. The van der Waals surface area contributed by atoms with Crippen molar-refractivity contribution in [2.45, 2.75) is 12.8 Å². The zero-order chi connectivity index (χ0) is 18.1. The van der Waals surface area contributed by atoms with Crippen molar-refractivity contribution in [3.63, 3.8) is 0 Å². The first kappa shape index (κ1) is 17.0. The quantitative estimate of drug-likeness (QED) is 0.608. The summed E-state index contributed by atoms with van der Waals surface area (Å²) in [5.41, 5.74) is 3.59. The van der Waals surface area contributed by atoms with Crippen molar-refractivity contribution in [3.05, 3.63) is 60.4 Å². The van der Waals surface area contributed by atoms with Crippen molar-refractivity contribution in [1.29, 1.82) is 0 Å². The number of hydrogen-bond acceptors (Lipinski definition) is 3. The molecule has 3 aromatic rings. The van der Waals surface area contributed by atoms with Crippen LogP contribution in [0.15, 0.2) is 54.6 Å². The molecule has 0 spiro atoms. The number of aromatic nitrogens is 1. The lowest BCUT2D eigenvalue weighted by Crippen LogP contribution is -2.35. The highest BCUT2D eigenvalue weighted by molar-refractivity contribution is 6.64. The van der Waals surface area contributed by atoms with Gasteiger partial charge in [-0.1, -0.05) is 30.3 Å². The number of carbonyl (C=O) groups is 1. The van der Waals surface area contributed by atoms with Gasteiger partial charge in [0.05, 0.1) is 11.2 Å². The van der Waals surface area contributed by atoms with Crippen LogP contribution in [0.1, 0.15) is 12.8 Å². The number of piperidine rings is 1. The van der Waals surface area contributed by atoms with Gasteiger partial charge in [0.25, 0.3) is 0 Å². The second-order valence-corrected chi connectivity index (χ2v) is 6.99. The van der Waals surface area contributed by atoms with E-state index < -0.39 is 0 Å². The molecule has 132 valence electrons. The number of fused-ring (bicyclic) bond motifs is 1. The van der Waals surface area contributed by atoms with Gasteiger partial charge < -0.3 is 4.90 Å². The predicted molar refractivity (Wildman–Crippen MR) is 103 cm³/mol. The van der Waals surface area contributed by atoms with Crippen LogP contribution in [0.4, 0.5) is 10.1 Å². The molecule has 0 atom stereocenters. The van der Waals surface area contributed by atoms with Crippen molar-refractivity contribution in [1.82, 2.24) is 4.98 Å². The fourth-order valence-electron chi connectivity index (χ4n) is 3.55. The summed E-state index contributed by atoms with van der Waals surface area (Å²) in [5.74, 6) is -0.370. The molecule has 4 rings (SSSR count). The second kappa shape index (κ2) is 7.04. The predicted octanol–water partition coefficient (Wildman–Crippen LogP) is 5.02. The third kappa shape index (κ3) is 3.29. The Labute approximate surface area is 156 Å². The van der Waals surface area contributed by atoms with Crippen LogP contribution in [-0.2, 0) is 4.79 Å². The van der Waals surface area contributed by atoms with E-state index in [0.29, 0.717) is 25.9 Å². The molecule has 26 heavy (non-hydrogen) atoms. The Hall–Kier alpha value is -2.46. The van der Waals surface area contributed by atoms with Gasteiger partial charge in [0.1, 0.15) is 5.82 Å². The highest BCUT2D eigenvalue weighted by atomic mass is 35.5. The Morgan fingerprint density at radius 1 is 1.08 bits per heavy atom. The normalized spacial score (nSPS) is 15.4. The van der Waals surface area contributed by atoms with E-state index in [2.05, 4.69) is 4.90 Å².